The standard InChI is InChI=1S/C16H26N2O.ClH/c1-5-10-16(4,17)15(19)18-11-13(3)14-8-6-12(2)7-9-14;/h6-9,13H,5,10-11,17H2,1-4H3,(H,18,19);1H. The van der Waals surface area contributed by atoms with Gasteiger partial charge in [-0.1, -0.05) is 50.1 Å². The molecule has 2 atom stereocenters. The van der Waals surface area contributed by atoms with E-state index in [1.54, 1.807) is 6.92 Å². The van der Waals surface area contributed by atoms with Gasteiger partial charge in [0.05, 0.1) is 5.54 Å². The molecule has 0 aliphatic heterocycles. The number of hydrogen-bond acceptors (Lipinski definition) is 2. The van der Waals surface area contributed by atoms with Crippen LogP contribution < -0.4 is 11.1 Å². The molecule has 1 rings (SSSR count). The van der Waals surface area contributed by atoms with Crippen molar-refractivity contribution in [3.63, 3.8) is 0 Å². The van der Waals surface area contributed by atoms with Crippen LogP contribution in [-0.4, -0.2) is 18.0 Å². The molecule has 0 spiro atoms. The molecule has 0 aliphatic rings. The van der Waals surface area contributed by atoms with Crippen LogP contribution in [0.25, 0.3) is 0 Å². The monoisotopic (exact) mass is 298 g/mol. The summed E-state index contributed by atoms with van der Waals surface area (Å²) in [7, 11) is 0. The average Bonchev–Trinajstić information content (AvgIpc) is 2.36. The van der Waals surface area contributed by atoms with Crippen molar-refractivity contribution in [3.05, 3.63) is 35.4 Å². The van der Waals surface area contributed by atoms with Crippen molar-refractivity contribution in [2.45, 2.75) is 52.0 Å². The maximum Gasteiger partial charge on any atom is 0.239 e. The van der Waals surface area contributed by atoms with Crippen LogP contribution in [0.5, 0.6) is 0 Å². The number of carbonyl (C=O) groups excluding carboxylic acids is 1. The number of halogens is 1. The summed E-state index contributed by atoms with van der Waals surface area (Å²) in [6.45, 7) is 8.63. The van der Waals surface area contributed by atoms with Gasteiger partial charge in [0.15, 0.2) is 0 Å². The van der Waals surface area contributed by atoms with E-state index >= 15 is 0 Å². The second-order valence-electron chi connectivity index (χ2n) is 5.69. The lowest BCUT2D eigenvalue weighted by Gasteiger charge is -2.24. The fourth-order valence-corrected chi connectivity index (χ4v) is 2.09. The highest BCUT2D eigenvalue weighted by Crippen LogP contribution is 2.15. The quantitative estimate of drug-likeness (QED) is 0.847. The van der Waals surface area contributed by atoms with Gasteiger partial charge in [-0.15, -0.1) is 12.4 Å². The normalized spacial score (nSPS) is 14.8. The third kappa shape index (κ3) is 5.51. The lowest BCUT2D eigenvalue weighted by molar-refractivity contribution is -0.126. The highest BCUT2D eigenvalue weighted by molar-refractivity contribution is 5.85. The van der Waals surface area contributed by atoms with Crippen LogP contribution in [-0.2, 0) is 4.79 Å². The molecule has 1 aromatic rings. The molecule has 1 amide bonds. The van der Waals surface area contributed by atoms with E-state index in [4.69, 9.17) is 5.73 Å². The first kappa shape index (κ1) is 18.9. The minimum Gasteiger partial charge on any atom is -0.354 e. The summed E-state index contributed by atoms with van der Waals surface area (Å²) in [5.41, 5.74) is 7.73. The Labute approximate surface area is 128 Å². The van der Waals surface area contributed by atoms with E-state index in [1.165, 1.54) is 11.1 Å². The zero-order valence-corrected chi connectivity index (χ0v) is 13.7. The van der Waals surface area contributed by atoms with Gasteiger partial charge in [-0.25, -0.2) is 0 Å². The lowest BCUT2D eigenvalue weighted by atomic mass is 9.95. The molecular weight excluding hydrogens is 272 g/mol. The van der Waals surface area contributed by atoms with Gasteiger partial charge in [-0.3, -0.25) is 4.79 Å². The molecule has 3 nitrogen and oxygen atoms in total. The van der Waals surface area contributed by atoms with Crippen LogP contribution in [0, 0.1) is 6.92 Å². The number of benzene rings is 1. The van der Waals surface area contributed by atoms with Crippen molar-refractivity contribution >= 4 is 18.3 Å². The summed E-state index contributed by atoms with van der Waals surface area (Å²) in [4.78, 5) is 12.0. The first-order valence-electron chi connectivity index (χ1n) is 7.00. The number of hydrogen-bond donors (Lipinski definition) is 2. The lowest BCUT2D eigenvalue weighted by Crippen LogP contribution is -2.52. The predicted octanol–water partition coefficient (Wildman–Crippen LogP) is 3.15. The second kappa shape index (κ2) is 8.28. The Balaban J connectivity index is 0.00000361. The zero-order valence-electron chi connectivity index (χ0n) is 12.9. The SMILES string of the molecule is CCCC(C)(N)C(=O)NCC(C)c1ccc(C)cc1.Cl. The summed E-state index contributed by atoms with van der Waals surface area (Å²) in [5, 5.41) is 2.96. The van der Waals surface area contributed by atoms with Gasteiger partial charge in [0.25, 0.3) is 0 Å². The summed E-state index contributed by atoms with van der Waals surface area (Å²) >= 11 is 0. The molecule has 0 saturated heterocycles. The maximum atomic E-state index is 12.0. The second-order valence-corrected chi connectivity index (χ2v) is 5.69. The van der Waals surface area contributed by atoms with E-state index < -0.39 is 5.54 Å². The Kier molecular flexibility index (Phi) is 7.84. The Morgan fingerprint density at radius 1 is 1.35 bits per heavy atom. The summed E-state index contributed by atoms with van der Waals surface area (Å²) in [6.07, 6.45) is 1.62. The molecule has 0 bridgehead atoms. The van der Waals surface area contributed by atoms with Crippen LogP contribution in [0.4, 0.5) is 0 Å². The van der Waals surface area contributed by atoms with Crippen molar-refractivity contribution in [3.8, 4) is 0 Å². The zero-order chi connectivity index (χ0) is 14.5. The van der Waals surface area contributed by atoms with E-state index in [0.29, 0.717) is 18.9 Å². The molecule has 3 N–H and O–H groups in total. The third-order valence-corrected chi connectivity index (χ3v) is 3.50. The van der Waals surface area contributed by atoms with Gasteiger partial charge in [-0.2, -0.15) is 0 Å². The van der Waals surface area contributed by atoms with Crippen molar-refractivity contribution in [2.24, 2.45) is 5.73 Å². The Morgan fingerprint density at radius 2 is 1.90 bits per heavy atom. The van der Waals surface area contributed by atoms with Crippen LogP contribution in [0.15, 0.2) is 24.3 Å². The Morgan fingerprint density at radius 3 is 2.40 bits per heavy atom. The molecule has 0 aliphatic carbocycles. The van der Waals surface area contributed by atoms with Gasteiger partial charge >= 0.3 is 0 Å². The summed E-state index contributed by atoms with van der Waals surface area (Å²) in [6, 6.07) is 8.41. The first-order valence-corrected chi connectivity index (χ1v) is 7.00. The molecule has 20 heavy (non-hydrogen) atoms. The number of nitrogens with one attached hydrogen (secondary N) is 1. The highest BCUT2D eigenvalue weighted by atomic mass is 35.5. The molecule has 0 heterocycles. The molecule has 0 aromatic heterocycles. The van der Waals surface area contributed by atoms with Gasteiger partial charge in [0.2, 0.25) is 5.91 Å². The molecule has 0 fully saturated rings. The van der Waals surface area contributed by atoms with E-state index in [2.05, 4.69) is 43.4 Å². The van der Waals surface area contributed by atoms with Gasteiger partial charge in [-0.05, 0) is 31.7 Å². The van der Waals surface area contributed by atoms with E-state index in [9.17, 15) is 4.79 Å². The minimum absolute atomic E-state index is 0. The van der Waals surface area contributed by atoms with E-state index in [0.717, 1.165) is 6.42 Å². The largest absolute Gasteiger partial charge is 0.354 e. The van der Waals surface area contributed by atoms with Crippen LogP contribution >= 0.6 is 12.4 Å². The molecule has 2 unspecified atom stereocenters. The fraction of sp³-hybridized carbons (Fsp3) is 0.562. The Bertz CT molecular complexity index is 415. The molecule has 4 heteroatoms. The van der Waals surface area contributed by atoms with Crippen molar-refractivity contribution in [2.75, 3.05) is 6.54 Å². The van der Waals surface area contributed by atoms with Crippen LogP contribution in [0.1, 0.15) is 50.7 Å². The van der Waals surface area contributed by atoms with Gasteiger partial charge in [0.1, 0.15) is 0 Å². The number of aryl methyl sites for hydroxylation is 1. The van der Waals surface area contributed by atoms with E-state index in [1.807, 2.05) is 6.92 Å². The number of nitrogens with two attached hydrogens (primary N) is 1. The van der Waals surface area contributed by atoms with E-state index in [-0.39, 0.29) is 18.3 Å². The van der Waals surface area contributed by atoms with Gasteiger partial charge in [0, 0.05) is 6.54 Å². The van der Waals surface area contributed by atoms with Crippen molar-refractivity contribution in [1.82, 2.24) is 5.32 Å². The highest BCUT2D eigenvalue weighted by Gasteiger charge is 2.27. The molecule has 0 radical (unpaired) electrons. The first-order chi connectivity index (χ1) is 8.86. The third-order valence-electron chi connectivity index (χ3n) is 3.50. The maximum absolute atomic E-state index is 12.0. The number of rotatable bonds is 6. The molecule has 0 saturated carbocycles. The van der Waals surface area contributed by atoms with Crippen molar-refractivity contribution in [1.29, 1.82) is 0 Å². The van der Waals surface area contributed by atoms with Crippen LogP contribution in [0.3, 0.4) is 0 Å². The fourth-order valence-electron chi connectivity index (χ4n) is 2.09. The summed E-state index contributed by atoms with van der Waals surface area (Å²) in [5.74, 6) is 0.232. The number of carbonyl (C=O) groups is 1. The minimum atomic E-state index is -0.762. The molecular formula is C16H27ClN2O. The topological polar surface area (TPSA) is 55.1 Å². The van der Waals surface area contributed by atoms with Crippen molar-refractivity contribution < 1.29 is 4.79 Å². The average molecular weight is 299 g/mol. The van der Waals surface area contributed by atoms with Gasteiger partial charge < -0.3 is 11.1 Å². The Hall–Kier alpha value is -1.06. The molecule has 114 valence electrons. The smallest absolute Gasteiger partial charge is 0.239 e. The number of amides is 1. The summed E-state index contributed by atoms with van der Waals surface area (Å²) < 4.78 is 0. The molecule has 1 aromatic carbocycles. The van der Waals surface area contributed by atoms with Crippen LogP contribution in [0.2, 0.25) is 0 Å². The predicted molar refractivity (Wildman–Crippen MR) is 87.4 cm³/mol.